The summed E-state index contributed by atoms with van der Waals surface area (Å²) in [5.41, 5.74) is 1.28. The molecule has 1 aromatic carbocycles. The van der Waals surface area contributed by atoms with Crippen LogP contribution in [0.25, 0.3) is 5.82 Å². The van der Waals surface area contributed by atoms with Crippen LogP contribution in [0.15, 0.2) is 66.0 Å². The first kappa shape index (κ1) is 21.7. The monoisotopic (exact) mass is 450 g/mol. The molecule has 1 aliphatic heterocycles. The zero-order valence-corrected chi connectivity index (χ0v) is 18.1. The molecule has 0 saturated carbocycles. The van der Waals surface area contributed by atoms with Crippen molar-refractivity contribution in [2.45, 2.75) is 24.3 Å². The van der Waals surface area contributed by atoms with Gasteiger partial charge in [0.15, 0.2) is 5.82 Å². The molecule has 32 heavy (non-hydrogen) atoms. The molecule has 2 aromatic heterocycles. The Kier molecular flexibility index (Phi) is 6.30. The van der Waals surface area contributed by atoms with E-state index in [0.29, 0.717) is 30.8 Å². The second-order valence-corrected chi connectivity index (χ2v) is 9.45. The van der Waals surface area contributed by atoms with Crippen LogP contribution >= 0.6 is 0 Å². The molecule has 1 fully saturated rings. The molecule has 0 atom stereocenters. The number of rotatable bonds is 6. The summed E-state index contributed by atoms with van der Waals surface area (Å²) in [7, 11) is -3.64. The van der Waals surface area contributed by atoms with Crippen molar-refractivity contribution in [1.29, 1.82) is 5.26 Å². The van der Waals surface area contributed by atoms with Crippen LogP contribution in [-0.4, -0.2) is 46.5 Å². The number of nitriles is 1. The average molecular weight is 451 g/mol. The maximum atomic E-state index is 12.8. The van der Waals surface area contributed by atoms with Gasteiger partial charge in [-0.25, -0.2) is 18.1 Å². The van der Waals surface area contributed by atoms with Crippen LogP contribution in [0, 0.1) is 17.2 Å². The van der Waals surface area contributed by atoms with E-state index in [1.165, 1.54) is 28.6 Å². The molecule has 4 rings (SSSR count). The third kappa shape index (κ3) is 4.69. The van der Waals surface area contributed by atoms with Crippen molar-refractivity contribution in [3.05, 3.63) is 72.2 Å². The van der Waals surface area contributed by atoms with E-state index >= 15 is 0 Å². The minimum absolute atomic E-state index is 0.0865. The number of benzene rings is 1. The van der Waals surface area contributed by atoms with E-state index in [1.807, 2.05) is 24.3 Å². The maximum absolute atomic E-state index is 12.8. The molecular formula is C22H22N6O3S. The maximum Gasteiger partial charge on any atom is 0.243 e. The van der Waals surface area contributed by atoms with Gasteiger partial charge in [-0.3, -0.25) is 4.79 Å². The zero-order valence-electron chi connectivity index (χ0n) is 17.3. The number of piperidine rings is 1. The fraction of sp³-hybridized carbons (Fsp3) is 0.273. The number of hydrogen-bond donors (Lipinski definition) is 1. The molecule has 1 N–H and O–H groups in total. The lowest BCUT2D eigenvalue weighted by molar-refractivity contribution is -0.126. The van der Waals surface area contributed by atoms with Gasteiger partial charge in [0.1, 0.15) is 0 Å². The lowest BCUT2D eigenvalue weighted by Crippen LogP contribution is -2.42. The third-order valence-corrected chi connectivity index (χ3v) is 7.37. The molecule has 1 aliphatic rings. The van der Waals surface area contributed by atoms with Gasteiger partial charge in [-0.05, 0) is 54.8 Å². The van der Waals surface area contributed by atoms with E-state index in [2.05, 4.69) is 15.4 Å². The number of sulfonamides is 1. The molecule has 0 unspecified atom stereocenters. The van der Waals surface area contributed by atoms with Gasteiger partial charge in [-0.2, -0.15) is 14.7 Å². The van der Waals surface area contributed by atoms with Crippen molar-refractivity contribution in [2.24, 2.45) is 5.92 Å². The number of amides is 1. The fourth-order valence-corrected chi connectivity index (χ4v) is 5.07. The normalized spacial score (nSPS) is 15.2. The number of pyridine rings is 1. The van der Waals surface area contributed by atoms with Crippen LogP contribution < -0.4 is 5.32 Å². The minimum atomic E-state index is -3.64. The molecule has 9 nitrogen and oxygen atoms in total. The topological polar surface area (TPSA) is 121 Å². The van der Waals surface area contributed by atoms with Gasteiger partial charge in [0.05, 0.1) is 16.5 Å². The third-order valence-electron chi connectivity index (χ3n) is 5.46. The standard InChI is InChI=1S/C22H22N6O3S/c23-14-17-2-5-20(6-3-17)32(30,31)27-12-8-19(9-13-27)22(29)25-16-18-4-7-21(24-15-18)28-11-1-10-26-28/h1-7,10-11,15,19H,8-9,12-13,16H2,(H,25,29). The Bertz CT molecular complexity index is 1210. The van der Waals surface area contributed by atoms with Crippen molar-refractivity contribution in [3.63, 3.8) is 0 Å². The van der Waals surface area contributed by atoms with Crippen molar-refractivity contribution in [1.82, 2.24) is 24.4 Å². The predicted octanol–water partition coefficient (Wildman–Crippen LogP) is 1.86. The SMILES string of the molecule is N#Cc1ccc(S(=O)(=O)N2CCC(C(=O)NCc3ccc(-n4cccn4)nc3)CC2)cc1. The summed E-state index contributed by atoms with van der Waals surface area (Å²) in [5, 5.41) is 15.9. The molecule has 164 valence electrons. The van der Waals surface area contributed by atoms with E-state index in [4.69, 9.17) is 5.26 Å². The summed E-state index contributed by atoms with van der Waals surface area (Å²) in [6, 6.07) is 13.4. The van der Waals surface area contributed by atoms with Gasteiger partial charge in [-0.1, -0.05) is 6.07 Å². The highest BCUT2D eigenvalue weighted by Gasteiger charge is 2.32. The van der Waals surface area contributed by atoms with Gasteiger partial charge < -0.3 is 5.32 Å². The van der Waals surface area contributed by atoms with Gasteiger partial charge >= 0.3 is 0 Å². The summed E-state index contributed by atoms with van der Waals surface area (Å²) in [4.78, 5) is 17.1. The molecular weight excluding hydrogens is 428 g/mol. The van der Waals surface area contributed by atoms with Gasteiger partial charge in [0.25, 0.3) is 0 Å². The molecule has 3 heterocycles. The first-order chi connectivity index (χ1) is 15.5. The molecule has 1 saturated heterocycles. The van der Waals surface area contributed by atoms with Crippen LogP contribution in [0.5, 0.6) is 0 Å². The number of nitrogens with zero attached hydrogens (tertiary/aromatic N) is 5. The largest absolute Gasteiger partial charge is 0.352 e. The Morgan fingerprint density at radius 1 is 1.16 bits per heavy atom. The summed E-state index contributed by atoms with van der Waals surface area (Å²) in [5.74, 6) is 0.371. The Hall–Kier alpha value is -3.55. The number of carbonyl (C=O) groups is 1. The van der Waals surface area contributed by atoms with Gasteiger partial charge in [-0.15, -0.1) is 0 Å². The second-order valence-electron chi connectivity index (χ2n) is 7.51. The average Bonchev–Trinajstić information content (AvgIpc) is 3.38. The molecule has 0 aliphatic carbocycles. The zero-order chi connectivity index (χ0) is 22.6. The predicted molar refractivity (Wildman–Crippen MR) is 116 cm³/mol. The summed E-state index contributed by atoms with van der Waals surface area (Å²) in [6.07, 6.45) is 6.09. The number of aromatic nitrogens is 3. The minimum Gasteiger partial charge on any atom is -0.352 e. The van der Waals surface area contributed by atoms with E-state index in [9.17, 15) is 13.2 Å². The molecule has 0 spiro atoms. The second kappa shape index (κ2) is 9.30. The van der Waals surface area contributed by atoms with Crippen molar-refractivity contribution in [2.75, 3.05) is 13.1 Å². The first-order valence-electron chi connectivity index (χ1n) is 10.2. The Labute approximate surface area is 186 Å². The highest BCUT2D eigenvalue weighted by atomic mass is 32.2. The van der Waals surface area contributed by atoms with E-state index in [0.717, 1.165) is 5.56 Å². The van der Waals surface area contributed by atoms with Crippen molar-refractivity contribution in [3.8, 4) is 11.9 Å². The summed E-state index contributed by atoms with van der Waals surface area (Å²) < 4.78 is 28.7. The Balaban J connectivity index is 1.29. The molecule has 0 radical (unpaired) electrons. The molecule has 0 bridgehead atoms. The first-order valence-corrected chi connectivity index (χ1v) is 11.6. The quantitative estimate of drug-likeness (QED) is 0.612. The van der Waals surface area contributed by atoms with Crippen LogP contribution in [-0.2, 0) is 21.4 Å². The number of hydrogen-bond acceptors (Lipinski definition) is 6. The van der Waals surface area contributed by atoms with Gasteiger partial charge in [0, 0.05) is 44.1 Å². The van der Waals surface area contributed by atoms with Crippen molar-refractivity contribution < 1.29 is 13.2 Å². The smallest absolute Gasteiger partial charge is 0.243 e. The highest BCUT2D eigenvalue weighted by Crippen LogP contribution is 2.24. The van der Waals surface area contributed by atoms with E-state index in [1.54, 1.807) is 23.3 Å². The Morgan fingerprint density at radius 2 is 1.91 bits per heavy atom. The molecule has 1 amide bonds. The molecule has 10 heteroatoms. The molecule has 3 aromatic rings. The van der Waals surface area contributed by atoms with Gasteiger partial charge in [0.2, 0.25) is 15.9 Å². The Morgan fingerprint density at radius 3 is 2.50 bits per heavy atom. The number of carbonyl (C=O) groups excluding carboxylic acids is 1. The highest BCUT2D eigenvalue weighted by molar-refractivity contribution is 7.89. The van der Waals surface area contributed by atoms with Crippen LogP contribution in [0.1, 0.15) is 24.0 Å². The lowest BCUT2D eigenvalue weighted by Gasteiger charge is -2.30. The van der Waals surface area contributed by atoms with E-state index < -0.39 is 10.0 Å². The fourth-order valence-electron chi connectivity index (χ4n) is 3.60. The van der Waals surface area contributed by atoms with Crippen molar-refractivity contribution >= 4 is 15.9 Å². The lowest BCUT2D eigenvalue weighted by atomic mass is 9.97. The summed E-state index contributed by atoms with van der Waals surface area (Å²) in [6.45, 7) is 0.913. The van der Waals surface area contributed by atoms with E-state index in [-0.39, 0.29) is 29.8 Å². The van der Waals surface area contributed by atoms with Crippen LogP contribution in [0.4, 0.5) is 0 Å². The van der Waals surface area contributed by atoms with Crippen LogP contribution in [0.3, 0.4) is 0 Å². The van der Waals surface area contributed by atoms with Crippen LogP contribution in [0.2, 0.25) is 0 Å². The number of nitrogens with one attached hydrogen (secondary N) is 1. The summed E-state index contributed by atoms with van der Waals surface area (Å²) >= 11 is 0.